The van der Waals surface area contributed by atoms with Crippen LogP contribution in [0, 0.1) is 5.92 Å². The molecule has 0 aliphatic carbocycles. The molecule has 172 valence electrons. The molecule has 1 heterocycles. The van der Waals surface area contributed by atoms with E-state index in [1.807, 2.05) is 79.2 Å². The van der Waals surface area contributed by atoms with Crippen molar-refractivity contribution in [2.45, 2.75) is 39.8 Å². The average molecular weight is 438 g/mol. The van der Waals surface area contributed by atoms with Gasteiger partial charge < -0.3 is 14.6 Å². The number of aryl methyl sites for hydroxylation is 1. The van der Waals surface area contributed by atoms with Crippen molar-refractivity contribution in [3.8, 4) is 17.3 Å². The maximum Gasteiger partial charge on any atom is 0.227 e. The van der Waals surface area contributed by atoms with Crippen LogP contribution in [0.1, 0.15) is 32.0 Å². The largest absolute Gasteiger partial charge is 0.439 e. The average Bonchev–Trinajstić information content (AvgIpc) is 3.15. The van der Waals surface area contributed by atoms with Crippen LogP contribution in [0.3, 0.4) is 0 Å². The maximum absolute atomic E-state index is 10.6. The van der Waals surface area contributed by atoms with Crippen molar-refractivity contribution in [1.29, 1.82) is 0 Å². The molecule has 0 aliphatic heterocycles. The molecule has 1 N–H and O–H groups in total. The topological polar surface area (TPSA) is 59.8 Å². The van der Waals surface area contributed by atoms with Gasteiger partial charge in [-0.2, -0.15) is 5.10 Å². The first-order valence-corrected chi connectivity index (χ1v) is 11.3. The summed E-state index contributed by atoms with van der Waals surface area (Å²) < 4.78 is 13.6. The van der Waals surface area contributed by atoms with E-state index in [0.717, 1.165) is 29.1 Å². The minimum Gasteiger partial charge on any atom is -0.439 e. The number of ether oxygens (including phenoxy) is 2. The van der Waals surface area contributed by atoms with Gasteiger partial charge in [-0.3, -0.25) is 4.90 Å². The summed E-state index contributed by atoms with van der Waals surface area (Å²) in [4.78, 5) is 2.22. The Kier molecular flexibility index (Phi) is 8.85. The fraction of sp³-hybridized carbons (Fsp3) is 0.423. The fourth-order valence-corrected chi connectivity index (χ4v) is 3.52. The van der Waals surface area contributed by atoms with E-state index in [2.05, 4.69) is 11.8 Å². The van der Waals surface area contributed by atoms with E-state index in [1.165, 1.54) is 0 Å². The van der Waals surface area contributed by atoms with Crippen LogP contribution in [0.25, 0.3) is 5.69 Å². The molecular formula is C26H35N3O3. The zero-order chi connectivity index (χ0) is 22.9. The normalized spacial score (nSPS) is 12.5. The monoisotopic (exact) mass is 437 g/mol. The molecule has 0 unspecified atom stereocenters. The van der Waals surface area contributed by atoms with E-state index >= 15 is 0 Å². The van der Waals surface area contributed by atoms with Crippen LogP contribution in [0.4, 0.5) is 0 Å². The Labute approximate surface area is 191 Å². The van der Waals surface area contributed by atoms with Gasteiger partial charge in [0.15, 0.2) is 0 Å². The molecule has 0 saturated carbocycles. The number of aliphatic hydroxyl groups is 1. The van der Waals surface area contributed by atoms with Crippen LogP contribution in [0.2, 0.25) is 0 Å². The van der Waals surface area contributed by atoms with Crippen molar-refractivity contribution in [2.75, 3.05) is 26.8 Å². The highest BCUT2D eigenvalue weighted by Gasteiger charge is 2.24. The molecule has 3 rings (SSSR count). The van der Waals surface area contributed by atoms with Gasteiger partial charge in [-0.15, -0.1) is 0 Å². The number of aliphatic hydroxyl groups excluding tert-OH is 1. The first-order chi connectivity index (χ1) is 15.5. The van der Waals surface area contributed by atoms with Crippen LogP contribution in [0.5, 0.6) is 11.6 Å². The highest BCUT2D eigenvalue weighted by molar-refractivity contribution is 5.43. The lowest BCUT2D eigenvalue weighted by Crippen LogP contribution is -2.37. The Hall–Kier alpha value is -2.67. The van der Waals surface area contributed by atoms with Crippen LogP contribution in [-0.2, 0) is 17.7 Å². The predicted molar refractivity (Wildman–Crippen MR) is 127 cm³/mol. The van der Waals surface area contributed by atoms with Crippen LogP contribution in [0.15, 0.2) is 60.7 Å². The summed E-state index contributed by atoms with van der Waals surface area (Å²) in [7, 11) is 1.70. The summed E-state index contributed by atoms with van der Waals surface area (Å²) in [5, 5.41) is 15.5. The highest BCUT2D eigenvalue weighted by Crippen LogP contribution is 2.32. The van der Waals surface area contributed by atoms with Gasteiger partial charge in [0.25, 0.3) is 0 Å². The number of aromatic nitrogens is 2. The quantitative estimate of drug-likeness (QED) is 0.445. The van der Waals surface area contributed by atoms with E-state index < -0.39 is 6.10 Å². The van der Waals surface area contributed by atoms with Gasteiger partial charge in [0.2, 0.25) is 5.88 Å². The number of methoxy groups -OCH3 is 1. The van der Waals surface area contributed by atoms with Crippen molar-refractivity contribution in [1.82, 2.24) is 14.7 Å². The van der Waals surface area contributed by atoms with E-state index in [0.29, 0.717) is 32.1 Å². The number of para-hydroxylation sites is 2. The number of nitrogens with zero attached hydrogens (tertiary/aromatic N) is 3. The molecule has 3 aromatic rings. The van der Waals surface area contributed by atoms with Crippen LogP contribution in [-0.4, -0.2) is 52.7 Å². The van der Waals surface area contributed by atoms with Crippen molar-refractivity contribution in [2.24, 2.45) is 5.92 Å². The minimum atomic E-state index is -0.417. The molecule has 6 nitrogen and oxygen atoms in total. The second-order valence-corrected chi connectivity index (χ2v) is 8.29. The molecule has 2 aromatic carbocycles. The summed E-state index contributed by atoms with van der Waals surface area (Å²) in [5.41, 5.74) is 2.97. The van der Waals surface area contributed by atoms with Gasteiger partial charge in [0, 0.05) is 26.7 Å². The van der Waals surface area contributed by atoms with Gasteiger partial charge in [-0.1, -0.05) is 57.2 Å². The van der Waals surface area contributed by atoms with Crippen LogP contribution >= 0.6 is 0 Å². The van der Waals surface area contributed by atoms with E-state index in [4.69, 9.17) is 14.6 Å². The summed E-state index contributed by atoms with van der Waals surface area (Å²) in [6, 6.07) is 19.8. The number of hydrogen-bond acceptors (Lipinski definition) is 5. The SMILES string of the molecule is CCc1nn(-c2ccccc2)c(Oc2ccccc2)c1CN(CCOC)C[C@@H](O)C(C)C. The van der Waals surface area contributed by atoms with E-state index in [-0.39, 0.29) is 5.92 Å². The van der Waals surface area contributed by atoms with Gasteiger partial charge in [-0.25, -0.2) is 4.68 Å². The van der Waals surface area contributed by atoms with Crippen molar-refractivity contribution in [3.63, 3.8) is 0 Å². The summed E-state index contributed by atoms with van der Waals surface area (Å²) in [6.45, 7) is 8.66. The molecule has 0 radical (unpaired) electrons. The van der Waals surface area contributed by atoms with Gasteiger partial charge in [-0.05, 0) is 36.6 Å². The lowest BCUT2D eigenvalue weighted by Gasteiger charge is -2.27. The Morgan fingerprint density at radius 1 is 1.03 bits per heavy atom. The Balaban J connectivity index is 2.02. The zero-order valence-electron chi connectivity index (χ0n) is 19.6. The van der Waals surface area contributed by atoms with E-state index in [9.17, 15) is 5.11 Å². The smallest absolute Gasteiger partial charge is 0.227 e. The Morgan fingerprint density at radius 3 is 2.28 bits per heavy atom. The molecular weight excluding hydrogens is 402 g/mol. The fourth-order valence-electron chi connectivity index (χ4n) is 3.52. The van der Waals surface area contributed by atoms with Gasteiger partial charge >= 0.3 is 0 Å². The molecule has 0 aliphatic rings. The third-order valence-electron chi connectivity index (χ3n) is 5.52. The zero-order valence-corrected chi connectivity index (χ0v) is 19.6. The standard InChI is InChI=1S/C26H35N3O3/c1-5-24-23(18-28(16-17-31-4)19-25(30)20(2)3)26(32-22-14-10-7-11-15-22)29(27-24)21-12-8-6-9-13-21/h6-15,20,25,30H,5,16-19H2,1-4H3/t25-/m1/s1. The second kappa shape index (κ2) is 11.8. The molecule has 0 bridgehead atoms. The molecule has 6 heteroatoms. The molecule has 0 amide bonds. The summed E-state index contributed by atoms with van der Waals surface area (Å²) in [6.07, 6.45) is 0.366. The summed E-state index contributed by atoms with van der Waals surface area (Å²) in [5.74, 6) is 1.65. The van der Waals surface area contributed by atoms with Gasteiger partial charge in [0.1, 0.15) is 5.75 Å². The molecule has 1 atom stereocenters. The molecule has 1 aromatic heterocycles. The Morgan fingerprint density at radius 2 is 1.69 bits per heavy atom. The van der Waals surface area contributed by atoms with Gasteiger partial charge in [0.05, 0.1) is 29.7 Å². The lowest BCUT2D eigenvalue weighted by atomic mass is 10.1. The lowest BCUT2D eigenvalue weighted by molar-refractivity contribution is 0.0588. The predicted octanol–water partition coefficient (Wildman–Crippen LogP) is 4.69. The maximum atomic E-state index is 10.6. The molecule has 0 saturated heterocycles. The third kappa shape index (κ3) is 6.19. The van der Waals surface area contributed by atoms with Crippen molar-refractivity contribution >= 4 is 0 Å². The Bertz CT molecular complexity index is 942. The first kappa shape index (κ1) is 24.0. The molecule has 32 heavy (non-hydrogen) atoms. The highest BCUT2D eigenvalue weighted by atomic mass is 16.5. The van der Waals surface area contributed by atoms with E-state index in [1.54, 1.807) is 7.11 Å². The van der Waals surface area contributed by atoms with Crippen molar-refractivity contribution < 1.29 is 14.6 Å². The number of hydrogen-bond donors (Lipinski definition) is 1. The molecule has 0 fully saturated rings. The van der Waals surface area contributed by atoms with Crippen LogP contribution < -0.4 is 4.74 Å². The number of benzene rings is 2. The summed E-state index contributed by atoms with van der Waals surface area (Å²) >= 11 is 0. The second-order valence-electron chi connectivity index (χ2n) is 8.29. The molecule has 0 spiro atoms. The first-order valence-electron chi connectivity index (χ1n) is 11.3. The third-order valence-corrected chi connectivity index (χ3v) is 5.52. The number of rotatable bonds is 12. The van der Waals surface area contributed by atoms with Crippen molar-refractivity contribution in [3.05, 3.63) is 71.9 Å². The minimum absolute atomic E-state index is 0.178.